The molecule has 2 amide bonds. The lowest BCUT2D eigenvalue weighted by atomic mass is 10.1. The molecule has 20 heavy (non-hydrogen) atoms. The molecule has 2 rings (SSSR count). The Morgan fingerprint density at radius 3 is 2.50 bits per heavy atom. The van der Waals surface area contributed by atoms with Gasteiger partial charge in [-0.2, -0.15) is 0 Å². The number of pyridine rings is 1. The second-order valence-electron chi connectivity index (χ2n) is 4.45. The van der Waals surface area contributed by atoms with Crippen molar-refractivity contribution < 1.29 is 4.79 Å². The smallest absolute Gasteiger partial charge is 0.319 e. The maximum atomic E-state index is 11.4. The van der Waals surface area contributed by atoms with Crippen molar-refractivity contribution in [2.75, 3.05) is 11.9 Å². The second-order valence-corrected chi connectivity index (χ2v) is 4.45. The molecule has 0 atom stereocenters. The molecule has 2 N–H and O–H groups in total. The number of anilines is 1. The van der Waals surface area contributed by atoms with Crippen LogP contribution in [0.3, 0.4) is 0 Å². The zero-order chi connectivity index (χ0) is 14.4. The van der Waals surface area contributed by atoms with Crippen LogP contribution < -0.4 is 10.6 Å². The van der Waals surface area contributed by atoms with Crippen LogP contribution in [0.25, 0.3) is 11.1 Å². The summed E-state index contributed by atoms with van der Waals surface area (Å²) in [6, 6.07) is 11.7. The van der Waals surface area contributed by atoms with E-state index in [1.165, 1.54) is 0 Å². The van der Waals surface area contributed by atoms with Gasteiger partial charge in [-0.05, 0) is 48.7 Å². The van der Waals surface area contributed by atoms with Crippen LogP contribution >= 0.6 is 0 Å². The fraction of sp³-hybridized carbons (Fsp3) is 0.250. The zero-order valence-electron chi connectivity index (χ0n) is 11.8. The Labute approximate surface area is 119 Å². The third-order valence-electron chi connectivity index (χ3n) is 2.99. The van der Waals surface area contributed by atoms with E-state index < -0.39 is 0 Å². The first-order valence-electron chi connectivity index (χ1n) is 6.83. The summed E-state index contributed by atoms with van der Waals surface area (Å²) in [5, 5.41) is 5.48. The number of hydrogen-bond donors (Lipinski definition) is 2. The molecule has 0 radical (unpaired) electrons. The molecule has 1 aromatic heterocycles. The molecule has 104 valence electrons. The predicted molar refractivity (Wildman–Crippen MR) is 81.7 cm³/mol. The van der Waals surface area contributed by atoms with Crippen molar-refractivity contribution in [2.45, 2.75) is 20.3 Å². The average molecular weight is 269 g/mol. The highest BCUT2D eigenvalue weighted by Gasteiger charge is 2.02. The predicted octanol–water partition coefficient (Wildman–Crippen LogP) is 3.45. The molecule has 0 fully saturated rings. The maximum Gasteiger partial charge on any atom is 0.319 e. The zero-order valence-corrected chi connectivity index (χ0v) is 11.8. The number of hydrogen-bond acceptors (Lipinski definition) is 2. The van der Waals surface area contributed by atoms with Gasteiger partial charge in [0.1, 0.15) is 0 Å². The van der Waals surface area contributed by atoms with Crippen LogP contribution in [0.4, 0.5) is 10.5 Å². The number of nitrogens with zero attached hydrogens (tertiary/aromatic N) is 1. The molecule has 4 nitrogen and oxygen atoms in total. The van der Waals surface area contributed by atoms with Crippen LogP contribution in [0.2, 0.25) is 0 Å². The van der Waals surface area contributed by atoms with E-state index in [9.17, 15) is 4.79 Å². The lowest BCUT2D eigenvalue weighted by molar-refractivity contribution is 0.252. The van der Waals surface area contributed by atoms with Gasteiger partial charge in [0, 0.05) is 24.1 Å². The molecule has 4 heteroatoms. The Hall–Kier alpha value is -2.36. The highest BCUT2D eigenvalue weighted by molar-refractivity contribution is 5.89. The molecule has 0 spiro atoms. The number of amides is 2. The van der Waals surface area contributed by atoms with Gasteiger partial charge in [-0.15, -0.1) is 0 Å². The number of nitrogens with one attached hydrogen (secondary N) is 2. The summed E-state index contributed by atoms with van der Waals surface area (Å²) in [5.74, 6) is 0. The molecule has 1 aromatic carbocycles. The summed E-state index contributed by atoms with van der Waals surface area (Å²) in [6.07, 6.45) is 2.75. The monoisotopic (exact) mass is 269 g/mol. The van der Waals surface area contributed by atoms with Crippen LogP contribution in [0.15, 0.2) is 42.6 Å². The molecule has 0 aliphatic carbocycles. The van der Waals surface area contributed by atoms with Crippen LogP contribution in [0.5, 0.6) is 0 Å². The molecule has 2 aromatic rings. The van der Waals surface area contributed by atoms with E-state index in [1.807, 2.05) is 43.5 Å². The van der Waals surface area contributed by atoms with Crippen LogP contribution in [0.1, 0.15) is 19.5 Å². The number of carbonyl (C=O) groups is 1. The van der Waals surface area contributed by atoms with E-state index in [0.29, 0.717) is 6.54 Å². The summed E-state index contributed by atoms with van der Waals surface area (Å²) in [7, 11) is 0. The summed E-state index contributed by atoms with van der Waals surface area (Å²) < 4.78 is 0. The highest BCUT2D eigenvalue weighted by atomic mass is 16.2. The number of urea groups is 1. The normalized spacial score (nSPS) is 10.1. The highest BCUT2D eigenvalue weighted by Crippen LogP contribution is 2.21. The summed E-state index contributed by atoms with van der Waals surface area (Å²) in [5.41, 5.74) is 4.11. The van der Waals surface area contributed by atoms with Gasteiger partial charge in [-0.25, -0.2) is 4.79 Å². The Bertz CT molecular complexity index is 579. The van der Waals surface area contributed by atoms with Gasteiger partial charge in [0.05, 0.1) is 0 Å². The summed E-state index contributed by atoms with van der Waals surface area (Å²) >= 11 is 0. The fourth-order valence-electron chi connectivity index (χ4n) is 1.93. The van der Waals surface area contributed by atoms with Gasteiger partial charge in [0.2, 0.25) is 0 Å². The van der Waals surface area contributed by atoms with E-state index in [-0.39, 0.29) is 6.03 Å². The minimum atomic E-state index is -0.183. The van der Waals surface area contributed by atoms with Gasteiger partial charge in [-0.3, -0.25) is 4.98 Å². The first-order valence-corrected chi connectivity index (χ1v) is 6.83. The SMILES string of the molecule is CCNC(=O)Nc1ccc(-c2ccnc(CC)c2)cc1. The lowest BCUT2D eigenvalue weighted by Gasteiger charge is -2.07. The maximum absolute atomic E-state index is 11.4. The van der Waals surface area contributed by atoms with Crippen LogP contribution in [-0.4, -0.2) is 17.6 Å². The first-order chi connectivity index (χ1) is 9.72. The van der Waals surface area contributed by atoms with Crippen molar-refractivity contribution in [3.05, 3.63) is 48.3 Å². The van der Waals surface area contributed by atoms with Gasteiger partial charge < -0.3 is 10.6 Å². The second kappa shape index (κ2) is 6.70. The molecular weight excluding hydrogens is 250 g/mol. The third kappa shape index (κ3) is 3.57. The van der Waals surface area contributed by atoms with Crippen molar-refractivity contribution in [3.8, 4) is 11.1 Å². The first kappa shape index (κ1) is 14.1. The van der Waals surface area contributed by atoms with Gasteiger partial charge in [-0.1, -0.05) is 19.1 Å². The van der Waals surface area contributed by atoms with Gasteiger partial charge >= 0.3 is 6.03 Å². The Balaban J connectivity index is 2.13. The Morgan fingerprint density at radius 1 is 1.10 bits per heavy atom. The molecular formula is C16H19N3O. The molecule has 0 bridgehead atoms. The van der Waals surface area contributed by atoms with E-state index in [0.717, 1.165) is 28.9 Å². The van der Waals surface area contributed by atoms with E-state index in [2.05, 4.69) is 28.6 Å². The fourth-order valence-corrected chi connectivity index (χ4v) is 1.93. The van der Waals surface area contributed by atoms with Crippen molar-refractivity contribution >= 4 is 11.7 Å². The largest absolute Gasteiger partial charge is 0.338 e. The van der Waals surface area contributed by atoms with Crippen LogP contribution in [-0.2, 0) is 6.42 Å². The molecule has 0 saturated carbocycles. The standard InChI is InChI=1S/C16H19N3O/c1-3-14-11-13(9-10-18-14)12-5-7-15(8-6-12)19-16(20)17-4-2/h5-11H,3-4H2,1-2H3,(H2,17,19,20). The summed E-state index contributed by atoms with van der Waals surface area (Å²) in [6.45, 7) is 4.59. The number of aromatic nitrogens is 1. The van der Waals surface area contributed by atoms with Gasteiger partial charge in [0.15, 0.2) is 0 Å². The molecule has 0 unspecified atom stereocenters. The van der Waals surface area contributed by atoms with E-state index in [4.69, 9.17) is 0 Å². The average Bonchev–Trinajstić information content (AvgIpc) is 2.48. The number of carbonyl (C=O) groups excluding carboxylic acids is 1. The van der Waals surface area contributed by atoms with Crippen molar-refractivity contribution in [1.82, 2.24) is 10.3 Å². The van der Waals surface area contributed by atoms with E-state index >= 15 is 0 Å². The molecule has 0 aliphatic heterocycles. The quantitative estimate of drug-likeness (QED) is 0.893. The number of benzene rings is 1. The minimum Gasteiger partial charge on any atom is -0.338 e. The van der Waals surface area contributed by atoms with Crippen molar-refractivity contribution in [2.24, 2.45) is 0 Å². The van der Waals surface area contributed by atoms with Crippen molar-refractivity contribution in [3.63, 3.8) is 0 Å². The van der Waals surface area contributed by atoms with E-state index in [1.54, 1.807) is 0 Å². The third-order valence-corrected chi connectivity index (χ3v) is 2.99. The Morgan fingerprint density at radius 2 is 1.85 bits per heavy atom. The number of rotatable bonds is 4. The molecule has 0 aliphatic rings. The minimum absolute atomic E-state index is 0.183. The van der Waals surface area contributed by atoms with Gasteiger partial charge in [0.25, 0.3) is 0 Å². The van der Waals surface area contributed by atoms with Crippen molar-refractivity contribution in [1.29, 1.82) is 0 Å². The van der Waals surface area contributed by atoms with Crippen LogP contribution in [0, 0.1) is 0 Å². The number of aryl methyl sites for hydroxylation is 1. The Kier molecular flexibility index (Phi) is 4.71. The molecule has 1 heterocycles. The molecule has 0 saturated heterocycles. The lowest BCUT2D eigenvalue weighted by Crippen LogP contribution is -2.28. The summed E-state index contributed by atoms with van der Waals surface area (Å²) in [4.78, 5) is 15.7. The topological polar surface area (TPSA) is 54.0 Å².